The zero-order chi connectivity index (χ0) is 11.7. The Morgan fingerprint density at radius 1 is 1.06 bits per heavy atom. The SMILES string of the molecule is CCc1ccc(CN2CC3CNCC3C2)cc1. The van der Waals surface area contributed by atoms with Crippen LogP contribution in [0.2, 0.25) is 0 Å². The maximum absolute atomic E-state index is 3.50. The molecular weight excluding hydrogens is 208 g/mol. The molecule has 2 heterocycles. The molecule has 0 radical (unpaired) electrons. The van der Waals surface area contributed by atoms with Gasteiger partial charge in [0, 0.05) is 19.6 Å². The van der Waals surface area contributed by atoms with Gasteiger partial charge in [-0.05, 0) is 42.5 Å². The van der Waals surface area contributed by atoms with Gasteiger partial charge in [0.05, 0.1) is 0 Å². The van der Waals surface area contributed by atoms with Gasteiger partial charge in [0.25, 0.3) is 0 Å². The minimum Gasteiger partial charge on any atom is -0.316 e. The highest BCUT2D eigenvalue weighted by Crippen LogP contribution is 2.27. The number of hydrogen-bond acceptors (Lipinski definition) is 2. The summed E-state index contributed by atoms with van der Waals surface area (Å²) in [7, 11) is 0. The van der Waals surface area contributed by atoms with E-state index in [4.69, 9.17) is 0 Å². The van der Waals surface area contributed by atoms with Gasteiger partial charge in [-0.25, -0.2) is 0 Å². The summed E-state index contributed by atoms with van der Waals surface area (Å²) < 4.78 is 0. The fraction of sp³-hybridized carbons (Fsp3) is 0.600. The summed E-state index contributed by atoms with van der Waals surface area (Å²) in [5.41, 5.74) is 2.91. The van der Waals surface area contributed by atoms with Gasteiger partial charge in [-0.15, -0.1) is 0 Å². The van der Waals surface area contributed by atoms with E-state index in [1.807, 2.05) is 0 Å². The van der Waals surface area contributed by atoms with Gasteiger partial charge in [0.2, 0.25) is 0 Å². The van der Waals surface area contributed by atoms with E-state index in [9.17, 15) is 0 Å². The number of nitrogens with one attached hydrogen (secondary N) is 1. The summed E-state index contributed by atoms with van der Waals surface area (Å²) in [5.74, 6) is 1.81. The summed E-state index contributed by atoms with van der Waals surface area (Å²) in [4.78, 5) is 2.62. The molecule has 0 aliphatic carbocycles. The van der Waals surface area contributed by atoms with Crippen molar-refractivity contribution in [2.75, 3.05) is 26.2 Å². The molecule has 1 aromatic rings. The minimum atomic E-state index is 0.907. The molecule has 3 rings (SSSR count). The molecule has 0 bridgehead atoms. The first kappa shape index (κ1) is 11.2. The van der Waals surface area contributed by atoms with Crippen molar-refractivity contribution in [1.29, 1.82) is 0 Å². The van der Waals surface area contributed by atoms with Crippen LogP contribution in [0.3, 0.4) is 0 Å². The number of aryl methyl sites for hydroxylation is 1. The van der Waals surface area contributed by atoms with Crippen LogP contribution in [-0.4, -0.2) is 31.1 Å². The van der Waals surface area contributed by atoms with Crippen molar-refractivity contribution in [1.82, 2.24) is 10.2 Å². The lowest BCUT2D eigenvalue weighted by atomic mass is 10.0. The molecule has 2 heteroatoms. The van der Waals surface area contributed by atoms with Crippen LogP contribution in [0.5, 0.6) is 0 Å². The van der Waals surface area contributed by atoms with Crippen molar-refractivity contribution in [3.63, 3.8) is 0 Å². The number of hydrogen-bond donors (Lipinski definition) is 1. The molecule has 2 atom stereocenters. The lowest BCUT2D eigenvalue weighted by molar-refractivity contribution is 0.305. The van der Waals surface area contributed by atoms with Gasteiger partial charge in [0.15, 0.2) is 0 Å². The van der Waals surface area contributed by atoms with Crippen LogP contribution in [0.4, 0.5) is 0 Å². The number of likely N-dealkylation sites (tertiary alicyclic amines) is 1. The van der Waals surface area contributed by atoms with Crippen LogP contribution in [0, 0.1) is 11.8 Å². The predicted molar refractivity (Wildman–Crippen MR) is 70.9 cm³/mol. The van der Waals surface area contributed by atoms with Gasteiger partial charge in [-0.2, -0.15) is 0 Å². The molecular formula is C15H22N2. The van der Waals surface area contributed by atoms with E-state index in [0.29, 0.717) is 0 Å². The van der Waals surface area contributed by atoms with Crippen molar-refractivity contribution in [3.05, 3.63) is 35.4 Å². The third-order valence-electron chi connectivity index (χ3n) is 4.30. The second-order valence-corrected chi connectivity index (χ2v) is 5.54. The lowest BCUT2D eigenvalue weighted by Crippen LogP contribution is -2.25. The average Bonchev–Trinajstić information content (AvgIpc) is 2.90. The summed E-state index contributed by atoms with van der Waals surface area (Å²) in [5, 5.41) is 3.50. The van der Waals surface area contributed by atoms with Crippen molar-refractivity contribution in [2.24, 2.45) is 11.8 Å². The van der Waals surface area contributed by atoms with Crippen molar-refractivity contribution in [3.8, 4) is 0 Å². The van der Waals surface area contributed by atoms with Crippen LogP contribution in [0.15, 0.2) is 24.3 Å². The van der Waals surface area contributed by atoms with Gasteiger partial charge >= 0.3 is 0 Å². The third kappa shape index (κ3) is 2.38. The normalized spacial score (nSPS) is 28.5. The van der Waals surface area contributed by atoms with E-state index in [1.165, 1.54) is 37.3 Å². The Kier molecular flexibility index (Phi) is 3.17. The van der Waals surface area contributed by atoms with Crippen molar-refractivity contribution in [2.45, 2.75) is 19.9 Å². The van der Waals surface area contributed by atoms with Crippen molar-refractivity contribution < 1.29 is 0 Å². The monoisotopic (exact) mass is 230 g/mol. The smallest absolute Gasteiger partial charge is 0.0233 e. The molecule has 2 unspecified atom stereocenters. The molecule has 0 aromatic heterocycles. The molecule has 17 heavy (non-hydrogen) atoms. The molecule has 1 aromatic carbocycles. The number of rotatable bonds is 3. The molecule has 2 saturated heterocycles. The van der Waals surface area contributed by atoms with E-state index in [1.54, 1.807) is 0 Å². The first-order chi connectivity index (χ1) is 8.35. The van der Waals surface area contributed by atoms with Crippen LogP contribution < -0.4 is 5.32 Å². The van der Waals surface area contributed by atoms with E-state index in [2.05, 4.69) is 41.4 Å². The summed E-state index contributed by atoms with van der Waals surface area (Å²) in [6.07, 6.45) is 1.14. The van der Waals surface area contributed by atoms with E-state index < -0.39 is 0 Å². The Labute approximate surface area is 104 Å². The first-order valence-corrected chi connectivity index (χ1v) is 6.86. The third-order valence-corrected chi connectivity index (χ3v) is 4.30. The Morgan fingerprint density at radius 2 is 1.65 bits per heavy atom. The summed E-state index contributed by atoms with van der Waals surface area (Å²) >= 11 is 0. The number of fused-ring (bicyclic) bond motifs is 1. The Bertz CT molecular complexity index is 359. The maximum Gasteiger partial charge on any atom is 0.0233 e. The first-order valence-electron chi connectivity index (χ1n) is 6.86. The van der Waals surface area contributed by atoms with Gasteiger partial charge in [-0.3, -0.25) is 4.90 Å². The highest BCUT2D eigenvalue weighted by atomic mass is 15.2. The second kappa shape index (κ2) is 4.79. The quantitative estimate of drug-likeness (QED) is 0.853. The fourth-order valence-electron chi connectivity index (χ4n) is 3.22. The Hall–Kier alpha value is -0.860. The topological polar surface area (TPSA) is 15.3 Å². The van der Waals surface area contributed by atoms with Gasteiger partial charge in [0.1, 0.15) is 0 Å². The number of nitrogens with zero attached hydrogens (tertiary/aromatic N) is 1. The summed E-state index contributed by atoms with van der Waals surface area (Å²) in [6.45, 7) is 8.38. The lowest BCUT2D eigenvalue weighted by Gasteiger charge is -2.17. The Balaban J connectivity index is 1.59. The van der Waals surface area contributed by atoms with Crippen LogP contribution in [0.1, 0.15) is 18.1 Å². The minimum absolute atomic E-state index is 0.907. The predicted octanol–water partition coefficient (Wildman–Crippen LogP) is 1.90. The van der Waals surface area contributed by atoms with Crippen molar-refractivity contribution >= 4 is 0 Å². The highest BCUT2D eigenvalue weighted by molar-refractivity contribution is 5.22. The van der Waals surface area contributed by atoms with Crippen LogP contribution in [-0.2, 0) is 13.0 Å². The van der Waals surface area contributed by atoms with Gasteiger partial charge in [-0.1, -0.05) is 31.2 Å². The van der Waals surface area contributed by atoms with Gasteiger partial charge < -0.3 is 5.32 Å². The van der Waals surface area contributed by atoms with Crippen LogP contribution in [0.25, 0.3) is 0 Å². The highest BCUT2D eigenvalue weighted by Gasteiger charge is 2.35. The maximum atomic E-state index is 3.50. The molecule has 2 aliphatic heterocycles. The molecule has 92 valence electrons. The molecule has 0 amide bonds. The molecule has 2 nitrogen and oxygen atoms in total. The largest absolute Gasteiger partial charge is 0.316 e. The zero-order valence-corrected chi connectivity index (χ0v) is 10.7. The zero-order valence-electron chi connectivity index (χ0n) is 10.7. The average molecular weight is 230 g/mol. The van der Waals surface area contributed by atoms with E-state index in [-0.39, 0.29) is 0 Å². The van der Waals surface area contributed by atoms with E-state index >= 15 is 0 Å². The summed E-state index contributed by atoms with van der Waals surface area (Å²) in [6, 6.07) is 9.14. The molecule has 0 saturated carbocycles. The molecule has 1 N–H and O–H groups in total. The molecule has 2 fully saturated rings. The second-order valence-electron chi connectivity index (χ2n) is 5.54. The fourth-order valence-corrected chi connectivity index (χ4v) is 3.22. The molecule has 0 spiro atoms. The van der Waals surface area contributed by atoms with E-state index in [0.717, 1.165) is 24.8 Å². The molecule has 2 aliphatic rings. The standard InChI is InChI=1S/C15H22N2/c1-2-12-3-5-13(6-4-12)9-17-10-14-7-16-8-15(14)11-17/h3-6,14-16H,2,7-11H2,1H3. The number of benzene rings is 1. The Morgan fingerprint density at radius 3 is 2.24 bits per heavy atom. The van der Waals surface area contributed by atoms with Crippen LogP contribution >= 0.6 is 0 Å².